The van der Waals surface area contributed by atoms with E-state index in [1.807, 2.05) is 0 Å². The van der Waals surface area contributed by atoms with Crippen molar-refractivity contribution in [1.29, 1.82) is 0 Å². The maximum Gasteiger partial charge on any atom is 0.00494 e. The van der Waals surface area contributed by atoms with E-state index in [-0.39, 0.29) is 5.41 Å². The predicted molar refractivity (Wildman–Crippen MR) is 90.2 cm³/mol. The molecule has 1 rings (SSSR count). The Labute approximate surface area is 126 Å². The minimum absolute atomic E-state index is 0.228. The van der Waals surface area contributed by atoms with Crippen molar-refractivity contribution >= 4 is 0 Å². The van der Waals surface area contributed by atoms with Gasteiger partial charge in [-0.25, -0.2) is 0 Å². The normalized spacial score (nSPS) is 15.3. The van der Waals surface area contributed by atoms with Crippen LogP contribution < -0.4 is 5.32 Å². The molecule has 1 aromatic carbocycles. The highest BCUT2D eigenvalue weighted by molar-refractivity contribution is 5.23. The third-order valence-electron chi connectivity index (χ3n) is 4.12. The van der Waals surface area contributed by atoms with Crippen molar-refractivity contribution in [3.63, 3.8) is 0 Å². The van der Waals surface area contributed by atoms with E-state index in [4.69, 9.17) is 0 Å². The van der Waals surface area contributed by atoms with Gasteiger partial charge in [0.25, 0.3) is 0 Å². The fourth-order valence-corrected chi connectivity index (χ4v) is 2.98. The van der Waals surface area contributed by atoms with E-state index < -0.39 is 0 Å². The molecule has 2 atom stereocenters. The van der Waals surface area contributed by atoms with Crippen molar-refractivity contribution < 1.29 is 0 Å². The highest BCUT2D eigenvalue weighted by Crippen LogP contribution is 2.28. The van der Waals surface area contributed by atoms with Crippen molar-refractivity contribution in [3.8, 4) is 0 Å². The summed E-state index contributed by atoms with van der Waals surface area (Å²) < 4.78 is 0. The molecule has 1 heteroatoms. The second-order valence-corrected chi connectivity index (χ2v) is 7.39. The third kappa shape index (κ3) is 6.09. The number of hydrogen-bond acceptors (Lipinski definition) is 1. The molecule has 1 nitrogen and oxygen atoms in total. The Balaban J connectivity index is 2.47. The maximum absolute atomic E-state index is 3.76. The van der Waals surface area contributed by atoms with Crippen LogP contribution in [0.3, 0.4) is 0 Å². The van der Waals surface area contributed by atoms with Crippen LogP contribution in [0, 0.1) is 5.92 Å². The highest BCUT2D eigenvalue weighted by Gasteiger charge is 2.23. The Bertz CT molecular complexity index is 367. The van der Waals surface area contributed by atoms with Gasteiger partial charge >= 0.3 is 0 Å². The van der Waals surface area contributed by atoms with Crippen molar-refractivity contribution in [2.75, 3.05) is 0 Å². The fourth-order valence-electron chi connectivity index (χ4n) is 2.98. The summed E-state index contributed by atoms with van der Waals surface area (Å²) in [5, 5.41) is 3.76. The van der Waals surface area contributed by atoms with Crippen LogP contribution in [0.15, 0.2) is 30.3 Å². The standard InChI is InChI=1S/C19H33N/c1-15(2)12-13-16(3)20-17(4)14-19(5,6)18-10-8-7-9-11-18/h7-11,15-17,20H,12-14H2,1-6H3. The fraction of sp³-hybridized carbons (Fsp3) is 0.684. The van der Waals surface area contributed by atoms with E-state index >= 15 is 0 Å². The van der Waals surface area contributed by atoms with Gasteiger partial charge in [0.15, 0.2) is 0 Å². The van der Waals surface area contributed by atoms with Gasteiger partial charge in [-0.2, -0.15) is 0 Å². The molecule has 0 amide bonds. The van der Waals surface area contributed by atoms with E-state index in [9.17, 15) is 0 Å². The lowest BCUT2D eigenvalue weighted by molar-refractivity contribution is 0.346. The second-order valence-electron chi connectivity index (χ2n) is 7.39. The molecule has 0 aliphatic carbocycles. The Morgan fingerprint density at radius 3 is 2.05 bits per heavy atom. The van der Waals surface area contributed by atoms with Crippen LogP contribution in [0.25, 0.3) is 0 Å². The minimum Gasteiger partial charge on any atom is -0.312 e. The summed E-state index contributed by atoms with van der Waals surface area (Å²) in [5.74, 6) is 0.801. The van der Waals surface area contributed by atoms with Gasteiger partial charge in [0.2, 0.25) is 0 Å². The molecule has 0 aromatic heterocycles. The van der Waals surface area contributed by atoms with Gasteiger partial charge in [-0.1, -0.05) is 58.0 Å². The molecule has 0 bridgehead atoms. The summed E-state index contributed by atoms with van der Waals surface area (Å²) in [5.41, 5.74) is 1.66. The van der Waals surface area contributed by atoms with Crippen LogP contribution in [0.4, 0.5) is 0 Å². The van der Waals surface area contributed by atoms with Crippen molar-refractivity contribution in [2.45, 2.75) is 78.3 Å². The predicted octanol–water partition coefficient (Wildman–Crippen LogP) is 5.16. The zero-order valence-electron chi connectivity index (χ0n) is 14.2. The summed E-state index contributed by atoms with van der Waals surface area (Å²) in [4.78, 5) is 0. The lowest BCUT2D eigenvalue weighted by atomic mass is 9.79. The molecule has 0 aliphatic heterocycles. The Morgan fingerprint density at radius 1 is 0.900 bits per heavy atom. The van der Waals surface area contributed by atoms with Gasteiger partial charge in [0.05, 0.1) is 0 Å². The topological polar surface area (TPSA) is 12.0 Å². The van der Waals surface area contributed by atoms with Gasteiger partial charge in [-0.15, -0.1) is 0 Å². The van der Waals surface area contributed by atoms with E-state index in [2.05, 4.69) is 77.2 Å². The summed E-state index contributed by atoms with van der Waals surface area (Å²) >= 11 is 0. The van der Waals surface area contributed by atoms with Gasteiger partial charge in [-0.3, -0.25) is 0 Å². The molecule has 114 valence electrons. The van der Waals surface area contributed by atoms with Crippen LogP contribution in [-0.2, 0) is 5.41 Å². The molecular weight excluding hydrogens is 242 g/mol. The van der Waals surface area contributed by atoms with Crippen LogP contribution in [0.1, 0.15) is 66.4 Å². The van der Waals surface area contributed by atoms with Gasteiger partial charge in [0.1, 0.15) is 0 Å². The molecule has 0 saturated heterocycles. The maximum atomic E-state index is 3.76. The van der Waals surface area contributed by atoms with Crippen LogP contribution in [-0.4, -0.2) is 12.1 Å². The lowest BCUT2D eigenvalue weighted by Gasteiger charge is -2.31. The number of rotatable bonds is 8. The van der Waals surface area contributed by atoms with Gasteiger partial charge in [0, 0.05) is 12.1 Å². The second kappa shape index (κ2) is 7.83. The zero-order valence-corrected chi connectivity index (χ0v) is 14.2. The van der Waals surface area contributed by atoms with Crippen molar-refractivity contribution in [3.05, 3.63) is 35.9 Å². The largest absolute Gasteiger partial charge is 0.312 e. The molecule has 20 heavy (non-hydrogen) atoms. The lowest BCUT2D eigenvalue weighted by Crippen LogP contribution is -2.38. The molecule has 0 fully saturated rings. The monoisotopic (exact) mass is 275 g/mol. The van der Waals surface area contributed by atoms with Crippen LogP contribution in [0.2, 0.25) is 0 Å². The summed E-state index contributed by atoms with van der Waals surface area (Å²) in [6.07, 6.45) is 3.75. The Morgan fingerprint density at radius 2 is 1.50 bits per heavy atom. The number of hydrogen-bond donors (Lipinski definition) is 1. The molecule has 0 heterocycles. The van der Waals surface area contributed by atoms with Crippen molar-refractivity contribution in [2.24, 2.45) is 5.92 Å². The summed E-state index contributed by atoms with van der Waals surface area (Å²) in [7, 11) is 0. The number of nitrogens with one attached hydrogen (secondary N) is 1. The zero-order chi connectivity index (χ0) is 15.2. The molecule has 0 aliphatic rings. The van der Waals surface area contributed by atoms with Gasteiger partial charge < -0.3 is 5.32 Å². The first-order chi connectivity index (χ1) is 9.31. The highest BCUT2D eigenvalue weighted by atomic mass is 14.9. The SMILES string of the molecule is CC(C)CCC(C)NC(C)CC(C)(C)c1ccccc1. The summed E-state index contributed by atoms with van der Waals surface area (Å²) in [6, 6.07) is 12.0. The number of benzene rings is 1. The van der Waals surface area contributed by atoms with Gasteiger partial charge in [-0.05, 0) is 50.0 Å². The van der Waals surface area contributed by atoms with E-state index in [0.717, 1.165) is 5.92 Å². The molecule has 1 N–H and O–H groups in total. The molecule has 0 saturated carbocycles. The van der Waals surface area contributed by atoms with E-state index in [0.29, 0.717) is 12.1 Å². The first-order valence-electron chi connectivity index (χ1n) is 8.13. The Hall–Kier alpha value is -0.820. The first kappa shape index (κ1) is 17.2. The molecule has 1 aromatic rings. The first-order valence-corrected chi connectivity index (χ1v) is 8.13. The van der Waals surface area contributed by atoms with E-state index in [1.165, 1.54) is 24.8 Å². The minimum atomic E-state index is 0.228. The Kier molecular flexibility index (Phi) is 6.75. The smallest absolute Gasteiger partial charge is 0.00494 e. The van der Waals surface area contributed by atoms with Crippen molar-refractivity contribution in [1.82, 2.24) is 5.32 Å². The average Bonchev–Trinajstić information content (AvgIpc) is 2.36. The molecule has 2 unspecified atom stereocenters. The van der Waals surface area contributed by atoms with E-state index in [1.54, 1.807) is 0 Å². The molecule has 0 radical (unpaired) electrons. The van der Waals surface area contributed by atoms with Crippen LogP contribution >= 0.6 is 0 Å². The molecule has 0 spiro atoms. The molecular formula is C19H33N. The summed E-state index contributed by atoms with van der Waals surface area (Å²) in [6.45, 7) is 13.9. The third-order valence-corrected chi connectivity index (χ3v) is 4.12. The van der Waals surface area contributed by atoms with Crippen LogP contribution in [0.5, 0.6) is 0 Å². The average molecular weight is 275 g/mol. The quantitative estimate of drug-likeness (QED) is 0.691.